The van der Waals surface area contributed by atoms with Gasteiger partial charge in [-0.05, 0) is 23.3 Å². The summed E-state index contributed by atoms with van der Waals surface area (Å²) in [5, 5.41) is 0. The molecule has 0 atom stereocenters. The molecular formula is C25H22O5. The zero-order valence-electron chi connectivity index (χ0n) is 16.8. The molecule has 30 heavy (non-hydrogen) atoms. The zero-order valence-corrected chi connectivity index (χ0v) is 16.8. The summed E-state index contributed by atoms with van der Waals surface area (Å²) in [5.74, 6) is -0.158. The summed E-state index contributed by atoms with van der Waals surface area (Å²) >= 11 is 0. The van der Waals surface area contributed by atoms with Crippen LogP contribution in [-0.2, 0) is 20.9 Å². The van der Waals surface area contributed by atoms with Crippen LogP contribution in [0.2, 0.25) is 0 Å². The second kappa shape index (κ2) is 10.1. The molecule has 152 valence electrons. The lowest BCUT2D eigenvalue weighted by Gasteiger charge is -2.14. The fourth-order valence-electron chi connectivity index (χ4n) is 3.04. The third-order valence-corrected chi connectivity index (χ3v) is 4.50. The summed E-state index contributed by atoms with van der Waals surface area (Å²) in [4.78, 5) is 25.1. The van der Waals surface area contributed by atoms with E-state index in [1.165, 1.54) is 20.5 Å². The van der Waals surface area contributed by atoms with E-state index in [-0.39, 0.29) is 18.0 Å². The largest absolute Gasteiger partial charge is 0.503 e. The summed E-state index contributed by atoms with van der Waals surface area (Å²) in [6.07, 6.45) is 1.34. The van der Waals surface area contributed by atoms with Crippen LogP contribution < -0.4 is 4.74 Å². The quantitative estimate of drug-likeness (QED) is 0.237. The van der Waals surface area contributed by atoms with Gasteiger partial charge in [0.25, 0.3) is 0 Å². The van der Waals surface area contributed by atoms with Crippen molar-refractivity contribution in [3.63, 3.8) is 0 Å². The summed E-state index contributed by atoms with van der Waals surface area (Å²) in [5.41, 5.74) is 2.74. The minimum atomic E-state index is -0.510. The molecule has 5 nitrogen and oxygen atoms in total. The molecule has 5 heteroatoms. The van der Waals surface area contributed by atoms with E-state index >= 15 is 0 Å². The van der Waals surface area contributed by atoms with Gasteiger partial charge in [-0.1, -0.05) is 66.7 Å². The maximum atomic E-state index is 12.9. The van der Waals surface area contributed by atoms with E-state index in [9.17, 15) is 9.59 Å². The number of carbonyl (C=O) groups excluding carboxylic acids is 2. The number of hydrogen-bond acceptors (Lipinski definition) is 5. The van der Waals surface area contributed by atoms with Crippen molar-refractivity contribution in [1.29, 1.82) is 0 Å². The molecule has 0 fully saturated rings. The summed E-state index contributed by atoms with van der Waals surface area (Å²) in [7, 11) is 2.78. The molecule has 0 radical (unpaired) electrons. The monoisotopic (exact) mass is 402 g/mol. The third kappa shape index (κ3) is 4.75. The van der Waals surface area contributed by atoms with Gasteiger partial charge in [-0.3, -0.25) is 4.79 Å². The van der Waals surface area contributed by atoms with Crippen LogP contribution in [0.5, 0.6) is 5.75 Å². The lowest BCUT2D eigenvalue weighted by molar-refractivity contribution is -0.133. The van der Waals surface area contributed by atoms with Gasteiger partial charge in [0.1, 0.15) is 17.9 Å². The van der Waals surface area contributed by atoms with Crippen molar-refractivity contribution in [2.45, 2.75) is 6.61 Å². The van der Waals surface area contributed by atoms with Gasteiger partial charge in [0.15, 0.2) is 5.78 Å². The maximum Gasteiger partial charge on any atom is 0.341 e. The predicted octanol–water partition coefficient (Wildman–Crippen LogP) is 4.66. The molecule has 3 rings (SSSR count). The predicted molar refractivity (Wildman–Crippen MR) is 114 cm³/mol. The standard InChI is InChI=1S/C25H22O5/c1-28-17-22(25(27)29-2)20-13-7-6-12-19(20)16-30-23-15-9-8-14-21(23)24(26)18-10-4-3-5-11-18/h3-15,17H,16H2,1-2H3/b22-17+. The first kappa shape index (κ1) is 20.9. The minimum Gasteiger partial charge on any atom is -0.503 e. The van der Waals surface area contributed by atoms with Crippen LogP contribution >= 0.6 is 0 Å². The number of hydrogen-bond donors (Lipinski definition) is 0. The number of para-hydroxylation sites is 1. The molecule has 0 aliphatic carbocycles. The number of ether oxygens (including phenoxy) is 3. The van der Waals surface area contributed by atoms with E-state index in [4.69, 9.17) is 14.2 Å². The normalized spacial score (nSPS) is 10.9. The van der Waals surface area contributed by atoms with E-state index < -0.39 is 5.97 Å². The fraction of sp³-hybridized carbons (Fsp3) is 0.120. The van der Waals surface area contributed by atoms with E-state index in [0.29, 0.717) is 22.4 Å². The van der Waals surface area contributed by atoms with Crippen molar-refractivity contribution in [1.82, 2.24) is 0 Å². The molecule has 0 bridgehead atoms. The Bertz CT molecular complexity index is 1050. The Balaban J connectivity index is 1.88. The average molecular weight is 402 g/mol. The van der Waals surface area contributed by atoms with Gasteiger partial charge >= 0.3 is 5.97 Å². The number of carbonyl (C=O) groups is 2. The van der Waals surface area contributed by atoms with Crippen LogP contribution in [0.25, 0.3) is 5.57 Å². The summed E-state index contributed by atoms with van der Waals surface area (Å²) in [6, 6.07) is 23.5. The van der Waals surface area contributed by atoms with Gasteiger partial charge in [-0.2, -0.15) is 0 Å². The molecule has 0 saturated heterocycles. The first-order chi connectivity index (χ1) is 14.7. The van der Waals surface area contributed by atoms with Crippen LogP contribution in [0, 0.1) is 0 Å². The van der Waals surface area contributed by atoms with Gasteiger partial charge in [0.2, 0.25) is 0 Å². The second-order valence-electron chi connectivity index (χ2n) is 6.40. The number of esters is 1. The molecular weight excluding hydrogens is 380 g/mol. The van der Waals surface area contributed by atoms with Crippen LogP contribution in [0.1, 0.15) is 27.0 Å². The molecule has 0 unspecified atom stereocenters. The van der Waals surface area contributed by atoms with Crippen LogP contribution in [0.15, 0.2) is 85.1 Å². The maximum absolute atomic E-state index is 12.9. The van der Waals surface area contributed by atoms with Gasteiger partial charge in [0, 0.05) is 5.56 Å². The van der Waals surface area contributed by atoms with E-state index in [1.807, 2.05) is 42.5 Å². The van der Waals surface area contributed by atoms with Gasteiger partial charge in [-0.25, -0.2) is 4.79 Å². The fourth-order valence-corrected chi connectivity index (χ4v) is 3.04. The number of benzene rings is 3. The number of ketones is 1. The third-order valence-electron chi connectivity index (χ3n) is 4.50. The summed E-state index contributed by atoms with van der Waals surface area (Å²) < 4.78 is 15.9. The van der Waals surface area contributed by atoms with Crippen molar-refractivity contribution < 1.29 is 23.8 Å². The molecule has 0 saturated carbocycles. The molecule has 0 aromatic heterocycles. The Labute approximate surface area is 175 Å². The van der Waals surface area contributed by atoms with Gasteiger partial charge in [-0.15, -0.1) is 0 Å². The highest BCUT2D eigenvalue weighted by molar-refractivity contribution is 6.16. The average Bonchev–Trinajstić information content (AvgIpc) is 2.81. The molecule has 0 aliphatic rings. The number of rotatable bonds is 8. The first-order valence-electron chi connectivity index (χ1n) is 9.36. The smallest absolute Gasteiger partial charge is 0.341 e. The molecule has 0 heterocycles. The minimum absolute atomic E-state index is 0.117. The highest BCUT2D eigenvalue weighted by atomic mass is 16.5. The van der Waals surface area contributed by atoms with Crippen molar-refractivity contribution in [3.05, 3.63) is 107 Å². The Kier molecular flexibility index (Phi) is 7.00. The molecule has 3 aromatic rings. The molecule has 3 aromatic carbocycles. The van der Waals surface area contributed by atoms with Gasteiger partial charge < -0.3 is 14.2 Å². The number of methoxy groups -OCH3 is 2. The molecule has 0 N–H and O–H groups in total. The second-order valence-corrected chi connectivity index (χ2v) is 6.40. The molecule has 0 aliphatic heterocycles. The van der Waals surface area contributed by atoms with Crippen molar-refractivity contribution in [2.24, 2.45) is 0 Å². The van der Waals surface area contributed by atoms with Crippen molar-refractivity contribution in [2.75, 3.05) is 14.2 Å². The van der Waals surface area contributed by atoms with Crippen molar-refractivity contribution >= 4 is 17.3 Å². The molecule has 0 spiro atoms. The Morgan fingerprint density at radius 3 is 2.13 bits per heavy atom. The van der Waals surface area contributed by atoms with E-state index in [1.54, 1.807) is 36.4 Å². The lowest BCUT2D eigenvalue weighted by atomic mass is 10.0. The first-order valence-corrected chi connectivity index (χ1v) is 9.36. The topological polar surface area (TPSA) is 61.8 Å². The highest BCUT2D eigenvalue weighted by Gasteiger charge is 2.18. The molecule has 0 amide bonds. The Morgan fingerprint density at radius 1 is 0.800 bits per heavy atom. The van der Waals surface area contributed by atoms with Gasteiger partial charge in [0.05, 0.1) is 26.0 Å². The van der Waals surface area contributed by atoms with E-state index in [2.05, 4.69) is 0 Å². The van der Waals surface area contributed by atoms with E-state index in [0.717, 1.165) is 5.56 Å². The van der Waals surface area contributed by atoms with Crippen LogP contribution in [0.4, 0.5) is 0 Å². The Hall–Kier alpha value is -3.86. The van der Waals surface area contributed by atoms with Crippen molar-refractivity contribution in [3.8, 4) is 5.75 Å². The Morgan fingerprint density at radius 2 is 1.43 bits per heavy atom. The highest BCUT2D eigenvalue weighted by Crippen LogP contribution is 2.25. The lowest BCUT2D eigenvalue weighted by Crippen LogP contribution is -2.09. The zero-order chi connectivity index (χ0) is 21.3. The summed E-state index contributed by atoms with van der Waals surface area (Å²) in [6.45, 7) is 0.160. The van der Waals surface area contributed by atoms with Crippen LogP contribution in [-0.4, -0.2) is 26.0 Å². The van der Waals surface area contributed by atoms with Crippen LogP contribution in [0.3, 0.4) is 0 Å². The SMILES string of the molecule is CO/C=C(/C(=O)OC)c1ccccc1COc1ccccc1C(=O)c1ccccc1.